The van der Waals surface area contributed by atoms with Crippen molar-refractivity contribution in [3.63, 3.8) is 0 Å². The van der Waals surface area contributed by atoms with Gasteiger partial charge in [0.05, 0.1) is 0 Å². The molecular formula is C15H28N4. The minimum atomic E-state index is 0.623. The van der Waals surface area contributed by atoms with Crippen molar-refractivity contribution in [2.45, 2.75) is 65.5 Å². The second-order valence-corrected chi connectivity index (χ2v) is 6.19. The summed E-state index contributed by atoms with van der Waals surface area (Å²) in [5.41, 5.74) is 0. The van der Waals surface area contributed by atoms with Gasteiger partial charge in [0.15, 0.2) is 0 Å². The van der Waals surface area contributed by atoms with Gasteiger partial charge in [-0.05, 0) is 44.1 Å². The fraction of sp³-hybridized carbons (Fsp3) is 0.867. The first-order chi connectivity index (χ1) is 9.20. The molecule has 1 heterocycles. The van der Waals surface area contributed by atoms with Crippen LogP contribution in [-0.4, -0.2) is 27.4 Å². The molecule has 108 valence electrons. The highest BCUT2D eigenvalue weighted by Crippen LogP contribution is 2.34. The average Bonchev–Trinajstić information content (AvgIpc) is 3.12. The number of hydrogen-bond acceptors (Lipinski definition) is 3. The van der Waals surface area contributed by atoms with Gasteiger partial charge in [0.1, 0.15) is 12.2 Å². The Morgan fingerprint density at radius 2 is 2.21 bits per heavy atom. The molecule has 1 aromatic heterocycles. The molecule has 1 N–H and O–H groups in total. The van der Waals surface area contributed by atoms with Crippen LogP contribution in [0.1, 0.15) is 52.3 Å². The molecule has 0 aromatic carbocycles. The van der Waals surface area contributed by atoms with Gasteiger partial charge in [0.25, 0.3) is 0 Å². The monoisotopic (exact) mass is 264 g/mol. The van der Waals surface area contributed by atoms with E-state index in [1.54, 1.807) is 6.33 Å². The zero-order chi connectivity index (χ0) is 13.7. The van der Waals surface area contributed by atoms with Crippen LogP contribution in [0, 0.1) is 11.8 Å². The van der Waals surface area contributed by atoms with E-state index in [-0.39, 0.29) is 0 Å². The molecule has 1 unspecified atom stereocenters. The SMILES string of the molecule is CCCNC(CCc1ncnn1CC(C)C)C1CC1. The van der Waals surface area contributed by atoms with Gasteiger partial charge in [0.2, 0.25) is 0 Å². The molecular weight excluding hydrogens is 236 g/mol. The maximum atomic E-state index is 4.43. The molecule has 0 saturated heterocycles. The van der Waals surface area contributed by atoms with Crippen LogP contribution < -0.4 is 5.32 Å². The second kappa shape index (κ2) is 7.04. The molecule has 1 saturated carbocycles. The summed E-state index contributed by atoms with van der Waals surface area (Å²) in [6, 6.07) is 0.684. The predicted molar refractivity (Wildman–Crippen MR) is 78.0 cm³/mol. The molecule has 0 spiro atoms. The Balaban J connectivity index is 1.84. The van der Waals surface area contributed by atoms with Crippen molar-refractivity contribution >= 4 is 0 Å². The van der Waals surface area contributed by atoms with Crippen LogP contribution in [0.4, 0.5) is 0 Å². The van der Waals surface area contributed by atoms with E-state index in [0.717, 1.165) is 31.3 Å². The second-order valence-electron chi connectivity index (χ2n) is 6.19. The third-order valence-electron chi connectivity index (χ3n) is 3.76. The summed E-state index contributed by atoms with van der Waals surface area (Å²) in [6.45, 7) is 8.80. The number of aryl methyl sites for hydroxylation is 1. The first kappa shape index (κ1) is 14.5. The minimum Gasteiger partial charge on any atom is -0.314 e. The molecule has 0 aliphatic heterocycles. The minimum absolute atomic E-state index is 0.623. The zero-order valence-corrected chi connectivity index (χ0v) is 12.6. The van der Waals surface area contributed by atoms with Gasteiger partial charge >= 0.3 is 0 Å². The van der Waals surface area contributed by atoms with E-state index in [1.165, 1.54) is 25.7 Å². The molecule has 1 fully saturated rings. The van der Waals surface area contributed by atoms with Crippen molar-refractivity contribution in [3.05, 3.63) is 12.2 Å². The zero-order valence-electron chi connectivity index (χ0n) is 12.6. The predicted octanol–water partition coefficient (Wildman–Crippen LogP) is 2.64. The Labute approximate surface area is 117 Å². The number of aromatic nitrogens is 3. The smallest absolute Gasteiger partial charge is 0.138 e. The van der Waals surface area contributed by atoms with Crippen LogP contribution in [0.2, 0.25) is 0 Å². The summed E-state index contributed by atoms with van der Waals surface area (Å²) in [7, 11) is 0. The number of nitrogens with zero attached hydrogens (tertiary/aromatic N) is 3. The quantitative estimate of drug-likeness (QED) is 0.745. The lowest BCUT2D eigenvalue weighted by atomic mass is 10.1. The van der Waals surface area contributed by atoms with Gasteiger partial charge < -0.3 is 5.32 Å². The van der Waals surface area contributed by atoms with Crippen molar-refractivity contribution < 1.29 is 0 Å². The maximum absolute atomic E-state index is 4.43. The lowest BCUT2D eigenvalue weighted by molar-refractivity contribution is 0.416. The van der Waals surface area contributed by atoms with E-state index < -0.39 is 0 Å². The molecule has 19 heavy (non-hydrogen) atoms. The van der Waals surface area contributed by atoms with Gasteiger partial charge in [-0.15, -0.1) is 0 Å². The third kappa shape index (κ3) is 4.60. The molecule has 0 bridgehead atoms. The van der Waals surface area contributed by atoms with E-state index in [0.29, 0.717) is 12.0 Å². The molecule has 0 radical (unpaired) electrons. The first-order valence-electron chi connectivity index (χ1n) is 7.80. The van der Waals surface area contributed by atoms with Gasteiger partial charge in [-0.1, -0.05) is 20.8 Å². The largest absolute Gasteiger partial charge is 0.314 e. The lowest BCUT2D eigenvalue weighted by Crippen LogP contribution is -2.32. The van der Waals surface area contributed by atoms with E-state index in [2.05, 4.69) is 40.9 Å². The van der Waals surface area contributed by atoms with Gasteiger partial charge in [-0.2, -0.15) is 5.10 Å². The normalized spacial score (nSPS) is 17.1. The molecule has 1 aliphatic carbocycles. The van der Waals surface area contributed by atoms with Crippen molar-refractivity contribution in [3.8, 4) is 0 Å². The molecule has 4 heteroatoms. The Morgan fingerprint density at radius 3 is 2.84 bits per heavy atom. The molecule has 2 rings (SSSR count). The highest BCUT2D eigenvalue weighted by Gasteiger charge is 2.30. The fourth-order valence-electron chi connectivity index (χ4n) is 2.60. The Hall–Kier alpha value is -0.900. The summed E-state index contributed by atoms with van der Waals surface area (Å²) in [5.74, 6) is 2.68. The molecule has 1 aliphatic rings. The van der Waals surface area contributed by atoms with Crippen LogP contribution in [0.15, 0.2) is 6.33 Å². The molecule has 1 aromatic rings. The summed E-state index contributed by atoms with van der Waals surface area (Å²) >= 11 is 0. The third-order valence-corrected chi connectivity index (χ3v) is 3.76. The highest BCUT2D eigenvalue weighted by molar-refractivity contribution is 4.91. The van der Waals surface area contributed by atoms with E-state index in [4.69, 9.17) is 0 Å². The summed E-state index contributed by atoms with van der Waals surface area (Å²) in [4.78, 5) is 4.43. The highest BCUT2D eigenvalue weighted by atomic mass is 15.3. The Kier molecular flexibility index (Phi) is 5.37. The average molecular weight is 264 g/mol. The standard InChI is InChI=1S/C15H28N4/c1-4-9-16-14(13-5-6-13)7-8-15-17-11-18-19(15)10-12(2)3/h11-14,16H,4-10H2,1-3H3. The van der Waals surface area contributed by atoms with Crippen LogP contribution >= 0.6 is 0 Å². The van der Waals surface area contributed by atoms with E-state index in [9.17, 15) is 0 Å². The van der Waals surface area contributed by atoms with Crippen LogP contribution in [0.5, 0.6) is 0 Å². The molecule has 4 nitrogen and oxygen atoms in total. The van der Waals surface area contributed by atoms with E-state index >= 15 is 0 Å². The fourth-order valence-corrected chi connectivity index (χ4v) is 2.60. The summed E-state index contributed by atoms with van der Waals surface area (Å²) in [6.07, 6.45) is 7.96. The van der Waals surface area contributed by atoms with Crippen LogP contribution in [0.25, 0.3) is 0 Å². The number of hydrogen-bond donors (Lipinski definition) is 1. The van der Waals surface area contributed by atoms with Crippen LogP contribution in [0.3, 0.4) is 0 Å². The lowest BCUT2D eigenvalue weighted by Gasteiger charge is -2.18. The van der Waals surface area contributed by atoms with Crippen LogP contribution in [-0.2, 0) is 13.0 Å². The van der Waals surface area contributed by atoms with Crippen molar-refractivity contribution in [2.75, 3.05) is 6.54 Å². The van der Waals surface area contributed by atoms with Crippen molar-refractivity contribution in [2.24, 2.45) is 11.8 Å². The molecule has 1 atom stereocenters. The Bertz CT molecular complexity index is 368. The first-order valence-corrected chi connectivity index (χ1v) is 7.80. The number of rotatable bonds is 9. The maximum Gasteiger partial charge on any atom is 0.138 e. The molecule has 0 amide bonds. The van der Waals surface area contributed by atoms with Crippen molar-refractivity contribution in [1.82, 2.24) is 20.1 Å². The summed E-state index contributed by atoms with van der Waals surface area (Å²) in [5, 5.41) is 8.04. The number of nitrogens with one attached hydrogen (secondary N) is 1. The summed E-state index contributed by atoms with van der Waals surface area (Å²) < 4.78 is 2.08. The van der Waals surface area contributed by atoms with Gasteiger partial charge in [-0.3, -0.25) is 0 Å². The Morgan fingerprint density at radius 1 is 1.42 bits per heavy atom. The topological polar surface area (TPSA) is 42.7 Å². The van der Waals surface area contributed by atoms with Gasteiger partial charge in [0, 0.05) is 19.0 Å². The van der Waals surface area contributed by atoms with Gasteiger partial charge in [-0.25, -0.2) is 9.67 Å². The van der Waals surface area contributed by atoms with E-state index in [1.807, 2.05) is 0 Å². The van der Waals surface area contributed by atoms with Crippen molar-refractivity contribution in [1.29, 1.82) is 0 Å².